The maximum Gasteiger partial charge on any atom is 0.301 e. The Hall–Kier alpha value is -2.11. The molecule has 1 unspecified atom stereocenters. The van der Waals surface area contributed by atoms with Gasteiger partial charge in [-0.2, -0.15) is 0 Å². The molecule has 0 radical (unpaired) electrons. The minimum absolute atomic E-state index is 0.252. The van der Waals surface area contributed by atoms with E-state index in [0.717, 1.165) is 49.7 Å². The lowest BCUT2D eigenvalue weighted by molar-refractivity contribution is 0.206. The van der Waals surface area contributed by atoms with Gasteiger partial charge in [-0.3, -0.25) is 0 Å². The van der Waals surface area contributed by atoms with Crippen molar-refractivity contribution >= 4 is 20.7 Å². The van der Waals surface area contributed by atoms with E-state index in [9.17, 15) is 0 Å². The Kier molecular flexibility index (Phi) is 21.7. The average Bonchev–Trinajstić information content (AvgIpc) is 3.60. The van der Waals surface area contributed by atoms with E-state index in [0.29, 0.717) is 0 Å². The van der Waals surface area contributed by atoms with Crippen molar-refractivity contribution in [1.29, 1.82) is 0 Å². The van der Waals surface area contributed by atoms with Crippen molar-refractivity contribution in [3.8, 4) is 38.1 Å². The van der Waals surface area contributed by atoms with E-state index in [4.69, 9.17) is 14.2 Å². The first-order chi connectivity index (χ1) is 23.6. The molecule has 1 atom stereocenters. The molecule has 268 valence electrons. The second kappa shape index (κ2) is 25.8. The molecule has 0 aliphatic carbocycles. The summed E-state index contributed by atoms with van der Waals surface area (Å²) >= 11 is 0. The molecule has 3 nitrogen and oxygen atoms in total. The van der Waals surface area contributed by atoms with E-state index >= 15 is 0 Å². The van der Waals surface area contributed by atoms with Gasteiger partial charge in [-0.15, -0.1) is 0 Å². The fourth-order valence-corrected chi connectivity index (χ4v) is 8.54. The quantitative estimate of drug-likeness (QED) is 0.0411. The predicted octanol–water partition coefficient (Wildman–Crippen LogP) is 15.2. The van der Waals surface area contributed by atoms with E-state index < -0.39 is 0 Å². The van der Waals surface area contributed by atoms with Gasteiger partial charge in [0.2, 0.25) is 0 Å². The number of rotatable bonds is 29. The van der Waals surface area contributed by atoms with Gasteiger partial charge in [0, 0.05) is 11.6 Å². The molecule has 48 heavy (non-hydrogen) atoms. The maximum absolute atomic E-state index is 6.42. The van der Waals surface area contributed by atoms with Crippen LogP contribution in [0.2, 0.25) is 0 Å². The van der Waals surface area contributed by atoms with Crippen molar-refractivity contribution in [3.63, 3.8) is 0 Å². The van der Waals surface area contributed by atoms with Crippen LogP contribution in [0.5, 0.6) is 17.2 Å². The number of ether oxygens (including phenoxy) is 3. The van der Waals surface area contributed by atoms with Crippen LogP contribution in [0.1, 0.15) is 163 Å². The molecule has 0 N–H and O–H groups in total. The summed E-state index contributed by atoms with van der Waals surface area (Å²) in [6, 6.07) is 17.5. The summed E-state index contributed by atoms with van der Waals surface area (Å²) in [5.74, 6) is 2.74. The Morgan fingerprint density at radius 2 is 1.04 bits per heavy atom. The van der Waals surface area contributed by atoms with E-state index in [1.54, 1.807) is 0 Å². The minimum atomic E-state index is 0.252. The number of unbranched alkanes of at least 4 members (excludes halogenated alkanes) is 17. The number of benzene rings is 2. The third kappa shape index (κ3) is 16.5. The smallest absolute Gasteiger partial charge is 0.301 e. The molecule has 0 amide bonds. The highest BCUT2D eigenvalue weighted by atomic mass is 32.9. The lowest BCUT2D eigenvalue weighted by atomic mass is 10.1. The van der Waals surface area contributed by atoms with Crippen LogP contribution in [0.25, 0.3) is 20.9 Å². The van der Waals surface area contributed by atoms with Gasteiger partial charge in [-0.1, -0.05) is 130 Å². The van der Waals surface area contributed by atoms with Crippen LogP contribution in [0.4, 0.5) is 0 Å². The highest BCUT2D eigenvalue weighted by molar-refractivity contribution is 7.72. The zero-order chi connectivity index (χ0) is 34.1. The van der Waals surface area contributed by atoms with Crippen LogP contribution in [-0.2, 0) is 0 Å². The molecule has 1 aromatic heterocycles. The largest absolute Gasteiger partial charge is 0.491 e. The molecule has 0 spiro atoms. The molecular weight excluding hydrogens is 629 g/mol. The third-order valence-corrected chi connectivity index (χ3v) is 11.6. The summed E-state index contributed by atoms with van der Waals surface area (Å²) in [6.07, 6.45) is 27.3. The molecule has 0 bridgehead atoms. The lowest BCUT2D eigenvalue weighted by Gasteiger charge is -2.14. The molecule has 3 rings (SSSR count). The van der Waals surface area contributed by atoms with Crippen LogP contribution in [0.3, 0.4) is 0 Å². The first kappa shape index (κ1) is 40.3. The molecule has 5 heteroatoms. The highest BCUT2D eigenvalue weighted by Gasteiger charge is 2.20. The highest BCUT2D eigenvalue weighted by Crippen LogP contribution is 2.41. The first-order valence-corrected chi connectivity index (χ1v) is 21.9. The Morgan fingerprint density at radius 1 is 0.542 bits per heavy atom. The van der Waals surface area contributed by atoms with Gasteiger partial charge in [0.05, 0.1) is 24.2 Å². The summed E-state index contributed by atoms with van der Waals surface area (Å²) in [4.78, 5) is 2.55. The summed E-state index contributed by atoms with van der Waals surface area (Å²) in [6.45, 7) is 10.5. The molecule has 1 heterocycles. The molecular formula is C43H67O3S2+. The van der Waals surface area contributed by atoms with Crippen LogP contribution in [0.15, 0.2) is 48.5 Å². The summed E-state index contributed by atoms with van der Waals surface area (Å²) in [5.41, 5.74) is 2.44. The van der Waals surface area contributed by atoms with Crippen molar-refractivity contribution in [2.75, 3.05) is 13.2 Å². The number of hydrogen-bond acceptors (Lipinski definition) is 4. The summed E-state index contributed by atoms with van der Waals surface area (Å²) in [5, 5.41) is 0. The fraction of sp³-hybridized carbons (Fsp3) is 0.651. The van der Waals surface area contributed by atoms with E-state index in [1.165, 1.54) is 136 Å². The van der Waals surface area contributed by atoms with Crippen LogP contribution in [0, 0.1) is 0 Å². The van der Waals surface area contributed by atoms with Gasteiger partial charge in [0.1, 0.15) is 5.75 Å². The van der Waals surface area contributed by atoms with E-state index in [-0.39, 0.29) is 6.10 Å². The Bertz CT molecular complexity index is 1200. The van der Waals surface area contributed by atoms with E-state index in [1.807, 2.05) is 20.7 Å². The lowest BCUT2D eigenvalue weighted by Crippen LogP contribution is -2.11. The Morgan fingerprint density at radius 3 is 1.62 bits per heavy atom. The van der Waals surface area contributed by atoms with Crippen LogP contribution in [-0.4, -0.2) is 19.3 Å². The molecule has 0 fully saturated rings. The topological polar surface area (TPSA) is 27.7 Å². The number of hydrogen-bond donors (Lipinski definition) is 0. The van der Waals surface area contributed by atoms with Crippen molar-refractivity contribution in [2.24, 2.45) is 0 Å². The van der Waals surface area contributed by atoms with Crippen molar-refractivity contribution in [2.45, 2.75) is 169 Å². The van der Waals surface area contributed by atoms with Gasteiger partial charge in [0.25, 0.3) is 4.88 Å². The zero-order valence-corrected chi connectivity index (χ0v) is 32.6. The van der Waals surface area contributed by atoms with Crippen molar-refractivity contribution in [1.82, 2.24) is 0 Å². The fourth-order valence-electron chi connectivity index (χ4n) is 6.10. The zero-order valence-electron chi connectivity index (χ0n) is 31.0. The average molecular weight is 696 g/mol. The standard InChI is InChI=1S/C43H67O3S2/c1-5-8-11-14-16-18-20-23-32-44-40-31-28-38(34-41(40)45-33-24-21-19-17-15-12-9-6-2)43-35-42(47-48-43)37-26-29-39(30-27-37)46-36(4)25-22-13-10-7-3/h26-31,34-36H,5-25,32-33H2,1-4H3/q+1. The molecule has 2 aromatic carbocycles. The molecule has 0 aliphatic rings. The first-order valence-electron chi connectivity index (χ1n) is 19.7. The SMILES string of the molecule is CCCCCCCCCCOc1ccc(-c2cc(-c3ccc(OC(C)CCCCCC)cc3)s[s+]2)cc1OCCCCCCCCCC. The minimum Gasteiger partial charge on any atom is -0.491 e. The Balaban J connectivity index is 1.56. The van der Waals surface area contributed by atoms with Crippen LogP contribution >= 0.6 is 20.7 Å². The van der Waals surface area contributed by atoms with Gasteiger partial charge in [0.15, 0.2) is 21.8 Å². The van der Waals surface area contributed by atoms with Gasteiger partial charge < -0.3 is 14.2 Å². The molecule has 3 aromatic rings. The summed E-state index contributed by atoms with van der Waals surface area (Å²) < 4.78 is 18.9. The second-order valence-electron chi connectivity index (χ2n) is 13.6. The van der Waals surface area contributed by atoms with Crippen LogP contribution < -0.4 is 14.2 Å². The van der Waals surface area contributed by atoms with Gasteiger partial charge in [-0.05, 0) is 80.6 Å². The van der Waals surface area contributed by atoms with Crippen molar-refractivity contribution in [3.05, 3.63) is 48.5 Å². The molecule has 0 saturated heterocycles. The monoisotopic (exact) mass is 695 g/mol. The van der Waals surface area contributed by atoms with Gasteiger partial charge in [-0.25, -0.2) is 0 Å². The van der Waals surface area contributed by atoms with Gasteiger partial charge >= 0.3 is 10.3 Å². The predicted molar refractivity (Wildman–Crippen MR) is 213 cm³/mol. The molecule has 0 saturated carbocycles. The molecule has 0 aliphatic heterocycles. The van der Waals surface area contributed by atoms with E-state index in [2.05, 4.69) is 76.2 Å². The second-order valence-corrected chi connectivity index (χ2v) is 15.9. The summed E-state index contributed by atoms with van der Waals surface area (Å²) in [7, 11) is 3.66. The maximum atomic E-state index is 6.42. The van der Waals surface area contributed by atoms with Crippen molar-refractivity contribution < 1.29 is 14.2 Å². The third-order valence-electron chi connectivity index (χ3n) is 9.16. The normalized spacial score (nSPS) is 11.9. The Labute approximate surface area is 302 Å².